The summed E-state index contributed by atoms with van der Waals surface area (Å²) in [4.78, 5) is 26.9. The van der Waals surface area contributed by atoms with Gasteiger partial charge in [-0.25, -0.2) is 9.67 Å². The standard InChI is InChI=1S/C12H12ClN5O2/c1-7-15-12(11(14)20)18(17-7)6-10(19)16-9-4-2-8(13)3-5-9/h2-5H,6H2,1H3,(H2,14,20)(H,16,19). The predicted octanol–water partition coefficient (Wildman–Crippen LogP) is 0.978. The van der Waals surface area contributed by atoms with Crippen LogP contribution in [0.4, 0.5) is 5.69 Å². The Morgan fingerprint density at radius 1 is 1.35 bits per heavy atom. The molecule has 0 spiro atoms. The molecule has 0 saturated heterocycles. The summed E-state index contributed by atoms with van der Waals surface area (Å²) in [6.45, 7) is 1.46. The van der Waals surface area contributed by atoms with E-state index in [1.165, 1.54) is 4.68 Å². The number of hydrogen-bond acceptors (Lipinski definition) is 4. The fourth-order valence-corrected chi connectivity index (χ4v) is 1.74. The molecule has 0 radical (unpaired) electrons. The first-order chi connectivity index (χ1) is 9.45. The number of aryl methyl sites for hydroxylation is 1. The molecule has 0 aliphatic heterocycles. The van der Waals surface area contributed by atoms with Crippen LogP contribution in [0.3, 0.4) is 0 Å². The van der Waals surface area contributed by atoms with Crippen molar-refractivity contribution in [2.24, 2.45) is 5.73 Å². The van der Waals surface area contributed by atoms with Crippen molar-refractivity contribution in [1.29, 1.82) is 0 Å². The van der Waals surface area contributed by atoms with Crippen LogP contribution in [0.2, 0.25) is 5.02 Å². The van der Waals surface area contributed by atoms with E-state index >= 15 is 0 Å². The lowest BCUT2D eigenvalue weighted by atomic mass is 10.3. The number of nitrogens with one attached hydrogen (secondary N) is 1. The highest BCUT2D eigenvalue weighted by atomic mass is 35.5. The minimum Gasteiger partial charge on any atom is -0.363 e. The molecule has 2 rings (SSSR count). The number of carbonyl (C=O) groups excluding carboxylic acids is 2. The second kappa shape index (κ2) is 5.70. The first-order valence-electron chi connectivity index (χ1n) is 5.72. The molecule has 0 fully saturated rings. The Hall–Kier alpha value is -2.41. The SMILES string of the molecule is Cc1nc(C(N)=O)n(CC(=O)Nc2ccc(Cl)cc2)n1. The van der Waals surface area contributed by atoms with E-state index in [0.29, 0.717) is 16.5 Å². The fraction of sp³-hybridized carbons (Fsp3) is 0.167. The highest BCUT2D eigenvalue weighted by Gasteiger charge is 2.15. The van der Waals surface area contributed by atoms with Crippen LogP contribution in [0.5, 0.6) is 0 Å². The summed E-state index contributed by atoms with van der Waals surface area (Å²) in [6, 6.07) is 6.65. The van der Waals surface area contributed by atoms with Crippen LogP contribution in [0.25, 0.3) is 0 Å². The molecule has 0 aliphatic carbocycles. The van der Waals surface area contributed by atoms with Crippen LogP contribution < -0.4 is 11.1 Å². The van der Waals surface area contributed by atoms with E-state index in [2.05, 4.69) is 15.4 Å². The molecule has 2 aromatic rings. The number of rotatable bonds is 4. The first-order valence-corrected chi connectivity index (χ1v) is 6.10. The van der Waals surface area contributed by atoms with E-state index in [1.54, 1.807) is 31.2 Å². The normalized spacial score (nSPS) is 10.3. The van der Waals surface area contributed by atoms with E-state index in [4.69, 9.17) is 17.3 Å². The Balaban J connectivity index is 2.08. The summed E-state index contributed by atoms with van der Waals surface area (Å²) in [5, 5.41) is 7.18. The zero-order chi connectivity index (χ0) is 14.7. The number of halogens is 1. The van der Waals surface area contributed by atoms with Gasteiger partial charge in [-0.3, -0.25) is 9.59 Å². The minimum atomic E-state index is -0.732. The summed E-state index contributed by atoms with van der Waals surface area (Å²) in [6.07, 6.45) is 0. The van der Waals surface area contributed by atoms with Crippen LogP contribution in [-0.2, 0) is 11.3 Å². The molecule has 1 aromatic heterocycles. The molecule has 0 unspecified atom stereocenters. The maximum Gasteiger partial charge on any atom is 0.286 e. The molecule has 3 N–H and O–H groups in total. The molecule has 1 heterocycles. The van der Waals surface area contributed by atoms with Gasteiger partial charge in [0, 0.05) is 10.7 Å². The first kappa shape index (κ1) is 14.0. The fourth-order valence-electron chi connectivity index (χ4n) is 1.62. The monoisotopic (exact) mass is 293 g/mol. The quantitative estimate of drug-likeness (QED) is 0.877. The lowest BCUT2D eigenvalue weighted by molar-refractivity contribution is -0.116. The summed E-state index contributed by atoms with van der Waals surface area (Å²) < 4.78 is 1.17. The largest absolute Gasteiger partial charge is 0.363 e. The Morgan fingerprint density at radius 3 is 2.60 bits per heavy atom. The summed E-state index contributed by atoms with van der Waals surface area (Å²) >= 11 is 5.75. The van der Waals surface area contributed by atoms with Gasteiger partial charge in [-0.1, -0.05) is 11.6 Å². The summed E-state index contributed by atoms with van der Waals surface area (Å²) in [5.41, 5.74) is 5.76. The van der Waals surface area contributed by atoms with Gasteiger partial charge in [-0.2, -0.15) is 5.10 Å². The molecule has 0 atom stereocenters. The molecule has 8 heteroatoms. The average Bonchev–Trinajstić information content (AvgIpc) is 2.73. The van der Waals surface area contributed by atoms with E-state index in [-0.39, 0.29) is 18.3 Å². The smallest absolute Gasteiger partial charge is 0.286 e. The van der Waals surface area contributed by atoms with Gasteiger partial charge in [0.25, 0.3) is 5.91 Å². The topological polar surface area (TPSA) is 103 Å². The lowest BCUT2D eigenvalue weighted by Crippen LogP contribution is -2.25. The van der Waals surface area contributed by atoms with Gasteiger partial charge in [-0.15, -0.1) is 0 Å². The highest BCUT2D eigenvalue weighted by molar-refractivity contribution is 6.30. The minimum absolute atomic E-state index is 0.0474. The summed E-state index contributed by atoms with van der Waals surface area (Å²) in [7, 11) is 0. The van der Waals surface area contributed by atoms with Crippen molar-refractivity contribution in [3.63, 3.8) is 0 Å². The van der Waals surface area contributed by atoms with Crippen molar-refractivity contribution in [2.75, 3.05) is 5.32 Å². The second-order valence-corrected chi connectivity index (χ2v) is 4.50. The second-order valence-electron chi connectivity index (χ2n) is 4.06. The maximum absolute atomic E-state index is 11.9. The molecule has 104 valence electrons. The Bertz CT molecular complexity index is 650. The number of nitrogens with zero attached hydrogens (tertiary/aromatic N) is 3. The highest BCUT2D eigenvalue weighted by Crippen LogP contribution is 2.13. The zero-order valence-electron chi connectivity index (χ0n) is 10.6. The number of nitrogens with two attached hydrogens (primary N) is 1. The van der Waals surface area contributed by atoms with Crippen molar-refractivity contribution in [1.82, 2.24) is 14.8 Å². The molecule has 0 saturated carbocycles. The van der Waals surface area contributed by atoms with Gasteiger partial charge < -0.3 is 11.1 Å². The lowest BCUT2D eigenvalue weighted by Gasteiger charge is -2.06. The van der Waals surface area contributed by atoms with Crippen LogP contribution >= 0.6 is 11.6 Å². The number of carbonyl (C=O) groups is 2. The van der Waals surface area contributed by atoms with E-state index in [9.17, 15) is 9.59 Å². The number of aromatic nitrogens is 3. The van der Waals surface area contributed by atoms with E-state index in [1.807, 2.05) is 0 Å². The third kappa shape index (κ3) is 3.33. The number of benzene rings is 1. The van der Waals surface area contributed by atoms with E-state index < -0.39 is 5.91 Å². The van der Waals surface area contributed by atoms with Crippen LogP contribution in [-0.4, -0.2) is 26.6 Å². The number of amides is 2. The van der Waals surface area contributed by atoms with Crippen LogP contribution in [0.15, 0.2) is 24.3 Å². The van der Waals surface area contributed by atoms with Crippen LogP contribution in [0, 0.1) is 6.92 Å². The number of hydrogen-bond donors (Lipinski definition) is 2. The van der Waals surface area contributed by atoms with Crippen molar-refractivity contribution >= 4 is 29.1 Å². The molecule has 2 amide bonds. The number of primary amides is 1. The molecule has 0 bridgehead atoms. The third-order valence-corrected chi connectivity index (χ3v) is 2.67. The molecule has 1 aromatic carbocycles. The Labute approximate surface area is 119 Å². The van der Waals surface area contributed by atoms with Gasteiger partial charge in [0.15, 0.2) is 0 Å². The predicted molar refractivity (Wildman–Crippen MR) is 73.4 cm³/mol. The third-order valence-electron chi connectivity index (χ3n) is 2.42. The van der Waals surface area contributed by atoms with Crippen molar-refractivity contribution in [2.45, 2.75) is 13.5 Å². The molecule has 20 heavy (non-hydrogen) atoms. The zero-order valence-corrected chi connectivity index (χ0v) is 11.4. The maximum atomic E-state index is 11.9. The number of anilines is 1. The van der Waals surface area contributed by atoms with Gasteiger partial charge in [-0.05, 0) is 31.2 Å². The average molecular weight is 294 g/mol. The van der Waals surface area contributed by atoms with Gasteiger partial charge >= 0.3 is 0 Å². The van der Waals surface area contributed by atoms with Crippen molar-refractivity contribution < 1.29 is 9.59 Å². The van der Waals surface area contributed by atoms with Gasteiger partial charge in [0.1, 0.15) is 12.4 Å². The molecule has 7 nitrogen and oxygen atoms in total. The van der Waals surface area contributed by atoms with Crippen molar-refractivity contribution in [3.8, 4) is 0 Å². The summed E-state index contributed by atoms with van der Waals surface area (Å²) in [5.74, 6) is -0.753. The van der Waals surface area contributed by atoms with Crippen LogP contribution in [0.1, 0.15) is 16.4 Å². The Morgan fingerprint density at radius 2 is 2.00 bits per heavy atom. The van der Waals surface area contributed by atoms with Gasteiger partial charge in [0.05, 0.1) is 0 Å². The van der Waals surface area contributed by atoms with Crippen molar-refractivity contribution in [3.05, 3.63) is 40.9 Å². The molecular formula is C12H12ClN5O2. The molecular weight excluding hydrogens is 282 g/mol. The van der Waals surface area contributed by atoms with Gasteiger partial charge in [0.2, 0.25) is 11.7 Å². The Kier molecular flexibility index (Phi) is 3.99. The van der Waals surface area contributed by atoms with E-state index in [0.717, 1.165) is 0 Å². The molecule has 0 aliphatic rings.